The summed E-state index contributed by atoms with van der Waals surface area (Å²) in [5, 5.41) is 4.54. The lowest BCUT2D eigenvalue weighted by atomic mass is 10.00. The fourth-order valence-corrected chi connectivity index (χ4v) is 3.05. The summed E-state index contributed by atoms with van der Waals surface area (Å²) >= 11 is 0. The topological polar surface area (TPSA) is 38.1 Å². The Hall–Kier alpha value is -2.10. The van der Waals surface area contributed by atoms with E-state index in [0.29, 0.717) is 12.0 Å². The average molecular weight is 325 g/mol. The van der Waals surface area contributed by atoms with E-state index in [4.69, 9.17) is 0 Å². The molecule has 3 rings (SSSR count). The number of Topliss-reactive ketones (excluding diaryl/α,β-unsaturated/α-hetero) is 1. The maximum atomic E-state index is 12.0. The SMILES string of the molecule is CCC(C)c1cnn(C2CN(c3ccc(C(=O)C(C)C)cc3)C2)c1. The van der Waals surface area contributed by atoms with Crippen molar-refractivity contribution in [2.45, 2.75) is 46.1 Å². The first-order valence-corrected chi connectivity index (χ1v) is 8.92. The highest BCUT2D eigenvalue weighted by Crippen LogP contribution is 2.29. The van der Waals surface area contributed by atoms with E-state index in [1.165, 1.54) is 11.3 Å². The summed E-state index contributed by atoms with van der Waals surface area (Å²) in [6, 6.07) is 8.44. The van der Waals surface area contributed by atoms with Crippen molar-refractivity contribution in [1.29, 1.82) is 0 Å². The Morgan fingerprint density at radius 2 is 1.88 bits per heavy atom. The molecule has 0 aliphatic carbocycles. The summed E-state index contributed by atoms with van der Waals surface area (Å²) < 4.78 is 2.11. The Morgan fingerprint density at radius 1 is 1.21 bits per heavy atom. The van der Waals surface area contributed by atoms with Crippen LogP contribution in [0, 0.1) is 5.92 Å². The van der Waals surface area contributed by atoms with E-state index in [2.05, 4.69) is 46.9 Å². The van der Waals surface area contributed by atoms with Crippen LogP contribution in [0.2, 0.25) is 0 Å². The molecule has 1 fully saturated rings. The molecule has 2 aromatic rings. The monoisotopic (exact) mass is 325 g/mol. The summed E-state index contributed by atoms with van der Waals surface area (Å²) in [5.41, 5.74) is 3.31. The maximum absolute atomic E-state index is 12.0. The molecule has 0 spiro atoms. The van der Waals surface area contributed by atoms with Gasteiger partial charge in [0.05, 0.1) is 12.2 Å². The summed E-state index contributed by atoms with van der Waals surface area (Å²) in [7, 11) is 0. The molecule has 0 saturated carbocycles. The molecule has 4 nitrogen and oxygen atoms in total. The highest BCUT2D eigenvalue weighted by molar-refractivity contribution is 5.97. The molecule has 1 unspecified atom stereocenters. The second-order valence-electron chi connectivity index (χ2n) is 7.19. The lowest BCUT2D eigenvalue weighted by molar-refractivity contribution is 0.0939. The van der Waals surface area contributed by atoms with Crippen LogP contribution in [-0.2, 0) is 0 Å². The molecular formula is C20H27N3O. The molecule has 24 heavy (non-hydrogen) atoms. The van der Waals surface area contributed by atoms with E-state index in [0.717, 1.165) is 25.1 Å². The minimum Gasteiger partial charge on any atom is -0.367 e. The van der Waals surface area contributed by atoms with Gasteiger partial charge in [0.1, 0.15) is 0 Å². The molecular weight excluding hydrogens is 298 g/mol. The molecule has 0 N–H and O–H groups in total. The number of nitrogens with zero attached hydrogens (tertiary/aromatic N) is 3. The van der Waals surface area contributed by atoms with Gasteiger partial charge in [0, 0.05) is 36.5 Å². The zero-order chi connectivity index (χ0) is 17.3. The van der Waals surface area contributed by atoms with E-state index in [1.807, 2.05) is 32.2 Å². The second kappa shape index (κ2) is 6.80. The van der Waals surface area contributed by atoms with Gasteiger partial charge in [-0.05, 0) is 42.2 Å². The molecule has 1 aliphatic heterocycles. The van der Waals surface area contributed by atoms with Gasteiger partial charge >= 0.3 is 0 Å². The number of carbonyl (C=O) groups excluding carboxylic acids is 1. The van der Waals surface area contributed by atoms with Gasteiger partial charge in [-0.2, -0.15) is 5.10 Å². The van der Waals surface area contributed by atoms with E-state index in [1.54, 1.807) is 0 Å². The van der Waals surface area contributed by atoms with Crippen LogP contribution in [0.15, 0.2) is 36.7 Å². The first kappa shape index (κ1) is 16.7. The Labute approximate surface area is 144 Å². The minimum absolute atomic E-state index is 0.0452. The molecule has 0 radical (unpaired) electrons. The summed E-state index contributed by atoms with van der Waals surface area (Å²) in [5.74, 6) is 0.821. The molecule has 2 heterocycles. The van der Waals surface area contributed by atoms with Gasteiger partial charge in [-0.25, -0.2) is 0 Å². The number of aromatic nitrogens is 2. The number of benzene rings is 1. The van der Waals surface area contributed by atoms with E-state index >= 15 is 0 Å². The molecule has 1 saturated heterocycles. The van der Waals surface area contributed by atoms with Gasteiger partial charge in [0.25, 0.3) is 0 Å². The predicted octanol–water partition coefficient (Wildman–Crippen LogP) is 4.30. The van der Waals surface area contributed by atoms with Gasteiger partial charge in [-0.1, -0.05) is 27.7 Å². The Bertz CT molecular complexity index is 696. The Balaban J connectivity index is 1.60. The first-order valence-electron chi connectivity index (χ1n) is 8.92. The van der Waals surface area contributed by atoms with E-state index in [9.17, 15) is 4.79 Å². The maximum Gasteiger partial charge on any atom is 0.165 e. The normalized spacial score (nSPS) is 16.3. The molecule has 0 bridgehead atoms. The van der Waals surface area contributed by atoms with Crippen molar-refractivity contribution in [3.8, 4) is 0 Å². The van der Waals surface area contributed by atoms with Crippen LogP contribution in [0.4, 0.5) is 5.69 Å². The van der Waals surface area contributed by atoms with Gasteiger partial charge in [-0.15, -0.1) is 0 Å². The van der Waals surface area contributed by atoms with Crippen LogP contribution < -0.4 is 4.90 Å². The highest BCUT2D eigenvalue weighted by Gasteiger charge is 2.29. The zero-order valence-electron chi connectivity index (χ0n) is 15.1. The number of rotatable bonds is 6. The fourth-order valence-electron chi connectivity index (χ4n) is 3.05. The standard InChI is InChI=1S/C20H27N3O/c1-5-15(4)17-10-21-23(11-17)19-12-22(13-19)18-8-6-16(7-9-18)20(24)14(2)3/h6-11,14-15,19H,5,12-13H2,1-4H3. The average Bonchev–Trinajstić information content (AvgIpc) is 3.02. The van der Waals surface area contributed by atoms with Gasteiger partial charge in [0.2, 0.25) is 0 Å². The summed E-state index contributed by atoms with van der Waals surface area (Å²) in [6.45, 7) is 10.3. The van der Waals surface area contributed by atoms with Crippen molar-refractivity contribution in [2.75, 3.05) is 18.0 Å². The van der Waals surface area contributed by atoms with Gasteiger partial charge < -0.3 is 4.90 Å². The molecule has 128 valence electrons. The molecule has 0 amide bonds. The number of carbonyl (C=O) groups is 1. The molecule has 1 aliphatic rings. The predicted molar refractivity (Wildman–Crippen MR) is 97.8 cm³/mol. The van der Waals surface area contributed by atoms with Crippen LogP contribution in [0.25, 0.3) is 0 Å². The van der Waals surface area contributed by atoms with Crippen LogP contribution in [0.3, 0.4) is 0 Å². The van der Waals surface area contributed by atoms with Crippen LogP contribution in [0.1, 0.15) is 62.0 Å². The van der Waals surface area contributed by atoms with Crippen molar-refractivity contribution < 1.29 is 4.79 Å². The summed E-state index contributed by atoms with van der Waals surface area (Å²) in [4.78, 5) is 14.3. The van der Waals surface area contributed by atoms with Crippen molar-refractivity contribution in [2.24, 2.45) is 5.92 Å². The third-order valence-corrected chi connectivity index (χ3v) is 5.08. The molecule has 1 atom stereocenters. The lowest BCUT2D eigenvalue weighted by Crippen LogP contribution is -2.48. The largest absolute Gasteiger partial charge is 0.367 e. The van der Waals surface area contributed by atoms with Crippen LogP contribution in [0.5, 0.6) is 0 Å². The van der Waals surface area contributed by atoms with Crippen LogP contribution in [-0.4, -0.2) is 28.7 Å². The second-order valence-corrected chi connectivity index (χ2v) is 7.19. The van der Waals surface area contributed by atoms with Crippen molar-refractivity contribution in [1.82, 2.24) is 9.78 Å². The first-order chi connectivity index (χ1) is 11.5. The quantitative estimate of drug-likeness (QED) is 0.743. The number of hydrogen-bond acceptors (Lipinski definition) is 3. The lowest BCUT2D eigenvalue weighted by Gasteiger charge is -2.41. The van der Waals surface area contributed by atoms with Crippen molar-refractivity contribution in [3.05, 3.63) is 47.8 Å². The fraction of sp³-hybridized carbons (Fsp3) is 0.500. The molecule has 1 aromatic carbocycles. The Kier molecular flexibility index (Phi) is 4.74. The van der Waals surface area contributed by atoms with Gasteiger partial charge in [-0.3, -0.25) is 9.48 Å². The third kappa shape index (κ3) is 3.23. The number of anilines is 1. The van der Waals surface area contributed by atoms with Gasteiger partial charge in [0.15, 0.2) is 5.78 Å². The van der Waals surface area contributed by atoms with Crippen molar-refractivity contribution >= 4 is 11.5 Å². The van der Waals surface area contributed by atoms with Crippen LogP contribution >= 0.6 is 0 Å². The highest BCUT2D eigenvalue weighted by atomic mass is 16.1. The Morgan fingerprint density at radius 3 is 2.46 bits per heavy atom. The van der Waals surface area contributed by atoms with E-state index in [-0.39, 0.29) is 11.7 Å². The minimum atomic E-state index is 0.0452. The molecule has 1 aromatic heterocycles. The number of ketones is 1. The van der Waals surface area contributed by atoms with Crippen molar-refractivity contribution in [3.63, 3.8) is 0 Å². The third-order valence-electron chi connectivity index (χ3n) is 5.08. The zero-order valence-corrected chi connectivity index (χ0v) is 15.1. The summed E-state index contributed by atoms with van der Waals surface area (Å²) in [6.07, 6.45) is 5.34. The number of hydrogen-bond donors (Lipinski definition) is 0. The smallest absolute Gasteiger partial charge is 0.165 e. The van der Waals surface area contributed by atoms with E-state index < -0.39 is 0 Å². The molecule has 4 heteroatoms.